The number of hydrogen-bond donors (Lipinski definition) is 3. The number of hydrogen-bond acceptors (Lipinski definition) is 6. The standard InChI is InChI=1S/C20H13ClF3N7O2/c21-16-6-3-12(9-15(16)20(22,23)24)27-19(32)26-11-1-4-13(5-2-11)33-14-7-8-25-17(10-14)18-28-30-31-29-18/h1-10H,(H2,26,27,32)(H,28,29,30,31). The molecule has 3 N–H and O–H groups in total. The highest BCUT2D eigenvalue weighted by atomic mass is 35.5. The van der Waals surface area contributed by atoms with Crippen molar-refractivity contribution in [2.24, 2.45) is 0 Å². The van der Waals surface area contributed by atoms with E-state index in [9.17, 15) is 18.0 Å². The Kier molecular flexibility index (Phi) is 6.09. The van der Waals surface area contributed by atoms with E-state index in [4.69, 9.17) is 16.3 Å². The lowest BCUT2D eigenvalue weighted by atomic mass is 10.2. The highest BCUT2D eigenvalue weighted by molar-refractivity contribution is 6.31. The zero-order valence-corrected chi connectivity index (χ0v) is 17.1. The first-order valence-electron chi connectivity index (χ1n) is 9.20. The SMILES string of the molecule is O=C(Nc1ccc(Oc2ccnc(-c3nn[nH]n3)c2)cc1)Nc1ccc(Cl)c(C(F)(F)F)c1. The fourth-order valence-corrected chi connectivity index (χ4v) is 2.95. The van der Waals surface area contributed by atoms with Gasteiger partial charge >= 0.3 is 12.2 Å². The normalized spacial score (nSPS) is 11.2. The van der Waals surface area contributed by atoms with Crippen LogP contribution in [0.1, 0.15) is 5.56 Å². The molecule has 2 aromatic carbocycles. The lowest BCUT2D eigenvalue weighted by Gasteiger charge is -2.12. The number of nitrogens with zero attached hydrogens (tertiary/aromatic N) is 4. The van der Waals surface area contributed by atoms with Crippen LogP contribution in [0.15, 0.2) is 60.8 Å². The predicted molar refractivity (Wildman–Crippen MR) is 113 cm³/mol. The second-order valence-corrected chi connectivity index (χ2v) is 6.92. The fourth-order valence-electron chi connectivity index (χ4n) is 2.72. The van der Waals surface area contributed by atoms with Crippen molar-refractivity contribution in [2.75, 3.05) is 10.6 Å². The molecule has 0 fully saturated rings. The molecule has 0 unspecified atom stereocenters. The lowest BCUT2D eigenvalue weighted by molar-refractivity contribution is -0.137. The van der Waals surface area contributed by atoms with Gasteiger partial charge in [0.05, 0.1) is 10.6 Å². The summed E-state index contributed by atoms with van der Waals surface area (Å²) in [6, 6.07) is 12.0. The number of urea groups is 1. The van der Waals surface area contributed by atoms with E-state index in [1.165, 1.54) is 12.3 Å². The molecule has 0 radical (unpaired) electrons. The van der Waals surface area contributed by atoms with Crippen LogP contribution < -0.4 is 15.4 Å². The van der Waals surface area contributed by atoms with Gasteiger partial charge in [0.1, 0.15) is 17.2 Å². The molecule has 2 heterocycles. The van der Waals surface area contributed by atoms with Crippen LogP contribution >= 0.6 is 11.6 Å². The molecule has 0 aliphatic heterocycles. The molecule has 2 aromatic heterocycles. The molecule has 9 nitrogen and oxygen atoms in total. The molecule has 4 aromatic rings. The number of carbonyl (C=O) groups is 1. The number of anilines is 2. The van der Waals surface area contributed by atoms with E-state index < -0.39 is 22.8 Å². The topological polar surface area (TPSA) is 118 Å². The van der Waals surface area contributed by atoms with Crippen LogP contribution in [0.3, 0.4) is 0 Å². The van der Waals surface area contributed by atoms with Gasteiger partial charge in [-0.3, -0.25) is 4.98 Å². The van der Waals surface area contributed by atoms with E-state index in [1.54, 1.807) is 36.4 Å². The fraction of sp³-hybridized carbons (Fsp3) is 0.0500. The van der Waals surface area contributed by atoms with E-state index in [1.807, 2.05) is 0 Å². The van der Waals surface area contributed by atoms with Gasteiger partial charge < -0.3 is 15.4 Å². The Balaban J connectivity index is 1.38. The molecule has 0 atom stereocenters. The zero-order chi connectivity index (χ0) is 23.4. The van der Waals surface area contributed by atoms with Gasteiger partial charge in [-0.15, -0.1) is 10.2 Å². The van der Waals surface area contributed by atoms with Gasteiger partial charge in [0, 0.05) is 23.6 Å². The summed E-state index contributed by atoms with van der Waals surface area (Å²) in [6.07, 6.45) is -3.11. The molecule has 33 heavy (non-hydrogen) atoms. The molecule has 0 spiro atoms. The van der Waals surface area contributed by atoms with Gasteiger partial charge in [0.2, 0.25) is 5.82 Å². The molecule has 0 saturated carbocycles. The summed E-state index contributed by atoms with van der Waals surface area (Å²) in [5.74, 6) is 1.26. The summed E-state index contributed by atoms with van der Waals surface area (Å²) in [4.78, 5) is 16.3. The number of ether oxygens (including phenoxy) is 1. The Labute approximate surface area is 189 Å². The van der Waals surface area contributed by atoms with Crippen molar-refractivity contribution in [3.8, 4) is 23.0 Å². The van der Waals surface area contributed by atoms with Gasteiger partial charge in [-0.05, 0) is 53.7 Å². The number of benzene rings is 2. The van der Waals surface area contributed by atoms with Gasteiger partial charge in [0.15, 0.2) is 0 Å². The summed E-state index contributed by atoms with van der Waals surface area (Å²) < 4.78 is 44.6. The lowest BCUT2D eigenvalue weighted by Crippen LogP contribution is -2.19. The Bertz CT molecular complexity index is 1270. The number of nitrogens with one attached hydrogen (secondary N) is 3. The summed E-state index contributed by atoms with van der Waals surface area (Å²) in [5, 5.41) is 17.9. The third kappa shape index (κ3) is 5.54. The van der Waals surface area contributed by atoms with Crippen molar-refractivity contribution >= 4 is 29.0 Å². The molecule has 2 amide bonds. The van der Waals surface area contributed by atoms with Gasteiger partial charge in [-0.25, -0.2) is 4.79 Å². The number of carbonyl (C=O) groups excluding carboxylic acids is 1. The number of amides is 2. The second kappa shape index (κ2) is 9.12. The smallest absolute Gasteiger partial charge is 0.417 e. The maximum absolute atomic E-state index is 13.0. The first-order valence-corrected chi connectivity index (χ1v) is 9.58. The minimum absolute atomic E-state index is 0.0562. The van der Waals surface area contributed by atoms with Crippen LogP contribution in [0.5, 0.6) is 11.5 Å². The third-order valence-corrected chi connectivity index (χ3v) is 4.51. The van der Waals surface area contributed by atoms with Crippen LogP contribution in [-0.2, 0) is 6.18 Å². The van der Waals surface area contributed by atoms with Crippen molar-refractivity contribution < 1.29 is 22.7 Å². The summed E-state index contributed by atoms with van der Waals surface area (Å²) in [7, 11) is 0. The highest BCUT2D eigenvalue weighted by Gasteiger charge is 2.33. The van der Waals surface area contributed by atoms with Crippen molar-refractivity contribution in [1.82, 2.24) is 25.6 Å². The van der Waals surface area contributed by atoms with Crippen LogP contribution in [0.25, 0.3) is 11.5 Å². The van der Waals surface area contributed by atoms with Gasteiger partial charge in [-0.1, -0.05) is 11.6 Å². The van der Waals surface area contributed by atoms with E-state index in [2.05, 4.69) is 36.2 Å². The molecule has 0 aliphatic rings. The largest absolute Gasteiger partial charge is 0.457 e. The molecule has 0 aliphatic carbocycles. The maximum atomic E-state index is 13.0. The minimum atomic E-state index is -4.64. The van der Waals surface area contributed by atoms with Gasteiger partial charge in [-0.2, -0.15) is 18.4 Å². The van der Waals surface area contributed by atoms with E-state index in [0.717, 1.165) is 12.1 Å². The average molecular weight is 476 g/mol. The van der Waals surface area contributed by atoms with Crippen molar-refractivity contribution in [1.29, 1.82) is 0 Å². The molecular formula is C20H13ClF3N7O2. The summed E-state index contributed by atoms with van der Waals surface area (Å²) in [5.41, 5.74) is -0.236. The van der Waals surface area contributed by atoms with Gasteiger partial charge in [0.25, 0.3) is 0 Å². The zero-order valence-electron chi connectivity index (χ0n) is 16.4. The van der Waals surface area contributed by atoms with Crippen molar-refractivity contribution in [3.63, 3.8) is 0 Å². The number of pyridine rings is 1. The Morgan fingerprint density at radius 1 is 0.970 bits per heavy atom. The quantitative estimate of drug-likeness (QED) is 0.357. The average Bonchev–Trinajstić information content (AvgIpc) is 3.31. The third-order valence-electron chi connectivity index (χ3n) is 4.18. The predicted octanol–water partition coefficient (Wildman–Crippen LogP) is 5.37. The summed E-state index contributed by atoms with van der Waals surface area (Å²) in [6.45, 7) is 0. The number of halogens is 4. The number of aromatic nitrogens is 5. The Hall–Kier alpha value is -4.19. The van der Waals surface area contributed by atoms with Crippen LogP contribution in [-0.4, -0.2) is 31.6 Å². The number of aromatic amines is 1. The molecule has 0 bridgehead atoms. The van der Waals surface area contributed by atoms with Crippen LogP contribution in [0.2, 0.25) is 5.02 Å². The molecular weight excluding hydrogens is 463 g/mol. The van der Waals surface area contributed by atoms with Crippen LogP contribution in [0.4, 0.5) is 29.3 Å². The molecule has 168 valence electrons. The number of alkyl halides is 3. The first-order chi connectivity index (χ1) is 15.8. The molecule has 0 saturated heterocycles. The monoisotopic (exact) mass is 475 g/mol. The Morgan fingerprint density at radius 2 is 1.70 bits per heavy atom. The maximum Gasteiger partial charge on any atom is 0.417 e. The van der Waals surface area contributed by atoms with Crippen molar-refractivity contribution in [3.05, 3.63) is 71.4 Å². The highest BCUT2D eigenvalue weighted by Crippen LogP contribution is 2.36. The first kappa shape index (κ1) is 22.0. The second-order valence-electron chi connectivity index (χ2n) is 6.51. The van der Waals surface area contributed by atoms with E-state index >= 15 is 0 Å². The van der Waals surface area contributed by atoms with Crippen molar-refractivity contribution in [2.45, 2.75) is 6.18 Å². The number of H-pyrrole nitrogens is 1. The minimum Gasteiger partial charge on any atom is -0.457 e. The Morgan fingerprint density at radius 3 is 2.39 bits per heavy atom. The van der Waals surface area contributed by atoms with E-state index in [-0.39, 0.29) is 5.69 Å². The number of rotatable bonds is 5. The number of tetrazole rings is 1. The van der Waals surface area contributed by atoms with Crippen LogP contribution in [0, 0.1) is 0 Å². The molecule has 4 rings (SSSR count). The molecule has 13 heteroatoms. The van der Waals surface area contributed by atoms with E-state index in [0.29, 0.717) is 28.7 Å². The summed E-state index contributed by atoms with van der Waals surface area (Å²) >= 11 is 5.58.